The molecule has 0 aliphatic carbocycles. The highest BCUT2D eigenvalue weighted by Gasteiger charge is 2.49. The first kappa shape index (κ1) is 13.3. The standard InChI is InChI=1S/C16H21N3O/c1-10(2)9-12-11-5-4-6-13-14(11)16(17,7-8-18-12)15(20)19(13)3/h4-6,9,12,18H,7-8,17H2,1-3H3/t12-,16+/m1/s1. The van der Waals surface area contributed by atoms with Gasteiger partial charge in [-0.25, -0.2) is 0 Å². The van der Waals surface area contributed by atoms with E-state index in [1.807, 2.05) is 19.2 Å². The van der Waals surface area contributed by atoms with Crippen molar-refractivity contribution in [1.82, 2.24) is 5.32 Å². The Labute approximate surface area is 119 Å². The van der Waals surface area contributed by atoms with E-state index in [-0.39, 0.29) is 11.9 Å². The highest BCUT2D eigenvalue weighted by molar-refractivity contribution is 6.07. The van der Waals surface area contributed by atoms with Crippen molar-refractivity contribution < 1.29 is 4.79 Å². The van der Waals surface area contributed by atoms with Crippen molar-refractivity contribution >= 4 is 11.6 Å². The first-order valence-corrected chi connectivity index (χ1v) is 7.04. The molecule has 0 unspecified atom stereocenters. The first-order valence-electron chi connectivity index (χ1n) is 7.04. The predicted molar refractivity (Wildman–Crippen MR) is 80.5 cm³/mol. The molecule has 0 spiro atoms. The quantitative estimate of drug-likeness (QED) is 0.766. The SMILES string of the molecule is CC(C)=C[C@H]1NCC[C@@]2(N)C(=O)N(C)c3cccc1c32. The van der Waals surface area contributed by atoms with Crippen LogP contribution in [-0.4, -0.2) is 19.5 Å². The molecule has 106 valence electrons. The summed E-state index contributed by atoms with van der Waals surface area (Å²) >= 11 is 0. The van der Waals surface area contributed by atoms with Gasteiger partial charge in [0.25, 0.3) is 5.91 Å². The summed E-state index contributed by atoms with van der Waals surface area (Å²) in [6.07, 6.45) is 2.83. The second-order valence-electron chi connectivity index (χ2n) is 6.00. The number of allylic oxidation sites excluding steroid dienone is 1. The molecule has 3 N–H and O–H groups in total. The van der Waals surface area contributed by atoms with E-state index in [0.29, 0.717) is 6.42 Å². The van der Waals surface area contributed by atoms with Gasteiger partial charge in [0, 0.05) is 18.3 Å². The van der Waals surface area contributed by atoms with Crippen molar-refractivity contribution in [3.8, 4) is 0 Å². The molecule has 1 aromatic rings. The van der Waals surface area contributed by atoms with E-state index < -0.39 is 5.54 Å². The maximum absolute atomic E-state index is 12.5. The van der Waals surface area contributed by atoms with Crippen LogP contribution in [0.5, 0.6) is 0 Å². The van der Waals surface area contributed by atoms with E-state index in [9.17, 15) is 4.79 Å². The summed E-state index contributed by atoms with van der Waals surface area (Å²) in [7, 11) is 1.81. The summed E-state index contributed by atoms with van der Waals surface area (Å²) in [5.74, 6) is -0.000370. The van der Waals surface area contributed by atoms with E-state index in [2.05, 4.69) is 31.3 Å². The van der Waals surface area contributed by atoms with Crippen LogP contribution in [0.25, 0.3) is 0 Å². The number of amides is 1. The summed E-state index contributed by atoms with van der Waals surface area (Å²) in [6, 6.07) is 6.19. The molecule has 2 atom stereocenters. The molecule has 0 saturated carbocycles. The molecule has 2 heterocycles. The molecule has 0 radical (unpaired) electrons. The van der Waals surface area contributed by atoms with E-state index >= 15 is 0 Å². The molecular weight excluding hydrogens is 250 g/mol. The van der Waals surface area contributed by atoms with Crippen LogP contribution in [0.4, 0.5) is 5.69 Å². The van der Waals surface area contributed by atoms with E-state index in [0.717, 1.165) is 23.4 Å². The van der Waals surface area contributed by atoms with Gasteiger partial charge in [-0.05, 0) is 38.4 Å². The van der Waals surface area contributed by atoms with Crippen molar-refractivity contribution in [3.63, 3.8) is 0 Å². The predicted octanol–water partition coefficient (Wildman–Crippen LogP) is 1.82. The Morgan fingerprint density at radius 1 is 1.50 bits per heavy atom. The molecule has 3 rings (SSSR count). The van der Waals surface area contributed by atoms with Crippen molar-refractivity contribution in [2.24, 2.45) is 5.73 Å². The molecular formula is C16H21N3O. The van der Waals surface area contributed by atoms with E-state index in [1.165, 1.54) is 5.57 Å². The van der Waals surface area contributed by atoms with Crippen LogP contribution in [-0.2, 0) is 10.3 Å². The van der Waals surface area contributed by atoms with Crippen LogP contribution in [0.3, 0.4) is 0 Å². The third kappa shape index (κ3) is 1.72. The second kappa shape index (κ2) is 4.43. The van der Waals surface area contributed by atoms with Gasteiger partial charge in [0.05, 0.1) is 6.04 Å². The summed E-state index contributed by atoms with van der Waals surface area (Å²) in [4.78, 5) is 14.2. The highest BCUT2D eigenvalue weighted by Crippen LogP contribution is 2.45. The van der Waals surface area contributed by atoms with E-state index in [1.54, 1.807) is 4.90 Å². The summed E-state index contributed by atoms with van der Waals surface area (Å²) in [5, 5.41) is 3.49. The monoisotopic (exact) mass is 271 g/mol. The molecule has 4 nitrogen and oxygen atoms in total. The third-order valence-corrected chi connectivity index (χ3v) is 4.29. The molecule has 0 fully saturated rings. The van der Waals surface area contributed by atoms with Crippen LogP contribution < -0.4 is 16.0 Å². The number of carbonyl (C=O) groups is 1. The Morgan fingerprint density at radius 3 is 2.95 bits per heavy atom. The topological polar surface area (TPSA) is 58.4 Å². The van der Waals surface area contributed by atoms with Crippen molar-refractivity contribution in [3.05, 3.63) is 41.0 Å². The minimum absolute atomic E-state index is 0.000370. The van der Waals surface area contributed by atoms with Crippen molar-refractivity contribution in [2.75, 3.05) is 18.5 Å². The molecule has 0 aromatic heterocycles. The first-order chi connectivity index (χ1) is 9.45. The zero-order chi connectivity index (χ0) is 14.5. The number of nitrogens with zero attached hydrogens (tertiary/aromatic N) is 1. The number of carbonyl (C=O) groups excluding carboxylic acids is 1. The summed E-state index contributed by atoms with van der Waals surface area (Å²) in [5.41, 5.74) is 9.95. The van der Waals surface area contributed by atoms with Gasteiger partial charge in [-0.3, -0.25) is 4.79 Å². The Hall–Kier alpha value is -1.65. The van der Waals surface area contributed by atoms with Crippen molar-refractivity contribution in [2.45, 2.75) is 31.8 Å². The second-order valence-corrected chi connectivity index (χ2v) is 6.00. The fourth-order valence-electron chi connectivity index (χ4n) is 3.35. The van der Waals surface area contributed by atoms with Crippen LogP contribution in [0.15, 0.2) is 29.8 Å². The highest BCUT2D eigenvalue weighted by atomic mass is 16.2. The number of rotatable bonds is 1. The molecule has 2 aliphatic heterocycles. The molecule has 1 amide bonds. The summed E-state index contributed by atoms with van der Waals surface area (Å²) in [6.45, 7) is 4.91. The maximum Gasteiger partial charge on any atom is 0.251 e. The van der Waals surface area contributed by atoms with Crippen LogP contribution in [0, 0.1) is 0 Å². The van der Waals surface area contributed by atoms with Gasteiger partial charge in [-0.1, -0.05) is 23.8 Å². The van der Waals surface area contributed by atoms with Crippen LogP contribution in [0.1, 0.15) is 37.4 Å². The van der Waals surface area contributed by atoms with Gasteiger partial charge in [-0.15, -0.1) is 0 Å². The van der Waals surface area contributed by atoms with Gasteiger partial charge < -0.3 is 16.0 Å². The Kier molecular flexibility index (Phi) is 2.96. The van der Waals surface area contributed by atoms with Crippen LogP contribution >= 0.6 is 0 Å². The number of nitrogens with two attached hydrogens (primary N) is 1. The molecule has 2 aliphatic rings. The van der Waals surface area contributed by atoms with Gasteiger partial charge >= 0.3 is 0 Å². The normalized spacial score (nSPS) is 28.1. The van der Waals surface area contributed by atoms with Crippen molar-refractivity contribution in [1.29, 1.82) is 0 Å². The fourth-order valence-corrected chi connectivity index (χ4v) is 3.35. The van der Waals surface area contributed by atoms with Gasteiger partial charge in [0.2, 0.25) is 0 Å². The molecule has 0 saturated heterocycles. The smallest absolute Gasteiger partial charge is 0.251 e. The largest absolute Gasteiger partial charge is 0.313 e. The fraction of sp³-hybridized carbons (Fsp3) is 0.438. The molecule has 20 heavy (non-hydrogen) atoms. The number of anilines is 1. The van der Waals surface area contributed by atoms with Gasteiger partial charge in [0.15, 0.2) is 0 Å². The average Bonchev–Trinajstić information content (AvgIpc) is 2.53. The molecule has 4 heteroatoms. The number of hydrogen-bond acceptors (Lipinski definition) is 3. The number of benzene rings is 1. The van der Waals surface area contributed by atoms with Gasteiger partial charge in [-0.2, -0.15) is 0 Å². The Balaban J connectivity index is 2.25. The Bertz CT molecular complexity index is 604. The van der Waals surface area contributed by atoms with Gasteiger partial charge in [0.1, 0.15) is 5.54 Å². The molecule has 1 aromatic carbocycles. The molecule has 0 bridgehead atoms. The van der Waals surface area contributed by atoms with E-state index in [4.69, 9.17) is 5.73 Å². The lowest BCUT2D eigenvalue weighted by Crippen LogP contribution is -2.47. The summed E-state index contributed by atoms with van der Waals surface area (Å²) < 4.78 is 0. The minimum atomic E-state index is -0.877. The lowest BCUT2D eigenvalue weighted by molar-refractivity contribution is -0.122. The number of likely N-dealkylation sites (N-methyl/N-ethyl adjacent to an activating group) is 1. The number of hydrogen-bond donors (Lipinski definition) is 2. The maximum atomic E-state index is 12.5. The Morgan fingerprint density at radius 2 is 2.25 bits per heavy atom. The van der Waals surface area contributed by atoms with Crippen LogP contribution in [0.2, 0.25) is 0 Å². The number of nitrogens with one attached hydrogen (secondary N) is 1. The minimum Gasteiger partial charge on any atom is -0.313 e. The zero-order valence-corrected chi connectivity index (χ0v) is 12.2. The lowest BCUT2D eigenvalue weighted by Gasteiger charge is -2.22. The average molecular weight is 271 g/mol. The lowest BCUT2D eigenvalue weighted by atomic mass is 9.85. The third-order valence-electron chi connectivity index (χ3n) is 4.29. The zero-order valence-electron chi connectivity index (χ0n) is 12.2.